The van der Waals surface area contributed by atoms with Crippen LogP contribution >= 0.6 is 22.9 Å². The van der Waals surface area contributed by atoms with E-state index >= 15 is 0 Å². The van der Waals surface area contributed by atoms with Crippen LogP contribution in [0.5, 0.6) is 17.2 Å². The molecule has 4 aromatic carbocycles. The van der Waals surface area contributed by atoms with Gasteiger partial charge >= 0.3 is 0 Å². The van der Waals surface area contributed by atoms with Gasteiger partial charge < -0.3 is 40.5 Å². The number of thiophene rings is 1. The third-order valence-electron chi connectivity index (χ3n) is 12.2. The Morgan fingerprint density at radius 2 is 1.53 bits per heavy atom. The smallest absolute Gasteiger partial charge is 0.246 e. The number of halogens is 1. The van der Waals surface area contributed by atoms with E-state index in [0.717, 1.165) is 71.4 Å². The van der Waals surface area contributed by atoms with E-state index in [1.807, 2.05) is 52.0 Å². The molecule has 3 amide bonds. The molecule has 66 heavy (non-hydrogen) atoms. The predicted octanol–water partition coefficient (Wildman–Crippen LogP) is 9.28. The number of phenols is 2. The van der Waals surface area contributed by atoms with E-state index in [9.17, 15) is 34.5 Å². The highest BCUT2D eigenvalue weighted by atomic mass is 35.5. The number of aliphatic hydroxyl groups is 1. The summed E-state index contributed by atoms with van der Waals surface area (Å²) in [5.41, 5.74) is 2.11. The topological polar surface area (TPSA) is 169 Å². The molecular weight excluding hydrogens is 876 g/mol. The van der Waals surface area contributed by atoms with Crippen molar-refractivity contribution in [1.29, 1.82) is 0 Å². The van der Waals surface area contributed by atoms with Crippen molar-refractivity contribution in [3.63, 3.8) is 0 Å². The molecule has 14 heteroatoms. The van der Waals surface area contributed by atoms with Gasteiger partial charge in [-0.15, -0.1) is 11.3 Å². The van der Waals surface area contributed by atoms with Gasteiger partial charge in [-0.05, 0) is 128 Å². The van der Waals surface area contributed by atoms with Crippen molar-refractivity contribution >= 4 is 56.5 Å². The number of aromatic hydroxyl groups is 2. The molecule has 1 fully saturated rings. The molecule has 1 unspecified atom stereocenters. The first-order valence-electron chi connectivity index (χ1n) is 22.9. The molecule has 4 atom stereocenters. The number of nitrogens with zero attached hydrogens (tertiary/aromatic N) is 2. The lowest BCUT2D eigenvalue weighted by atomic mass is 9.85. The van der Waals surface area contributed by atoms with Gasteiger partial charge in [0.25, 0.3) is 0 Å². The van der Waals surface area contributed by atoms with Gasteiger partial charge in [-0.2, -0.15) is 0 Å². The minimum Gasteiger partial charge on any atom is -0.508 e. The van der Waals surface area contributed by atoms with Gasteiger partial charge in [0.1, 0.15) is 35.9 Å². The molecule has 1 saturated heterocycles. The third kappa shape index (κ3) is 13.1. The predicted molar refractivity (Wildman–Crippen MR) is 261 cm³/mol. The van der Waals surface area contributed by atoms with Crippen LogP contribution in [0.4, 0.5) is 0 Å². The number of amides is 3. The van der Waals surface area contributed by atoms with E-state index in [0.29, 0.717) is 34.9 Å². The molecule has 1 aliphatic rings. The fraction of sp³-hybridized carbons (Fsp3) is 0.423. The monoisotopic (exact) mass is 938 g/mol. The largest absolute Gasteiger partial charge is 0.508 e. The van der Waals surface area contributed by atoms with Crippen LogP contribution in [0.15, 0.2) is 91.0 Å². The van der Waals surface area contributed by atoms with Gasteiger partial charge in [0, 0.05) is 57.0 Å². The summed E-state index contributed by atoms with van der Waals surface area (Å²) in [7, 11) is 0. The number of phenolic OH excluding ortho intramolecular Hbond substituents is 2. The zero-order valence-electron chi connectivity index (χ0n) is 38.5. The molecule has 0 saturated carbocycles. The van der Waals surface area contributed by atoms with Crippen molar-refractivity contribution < 1.29 is 39.2 Å². The molecule has 1 aromatic heterocycles. The normalized spacial score (nSPS) is 16.0. The maximum atomic E-state index is 14.0. The number of rotatable bonds is 21. The number of benzene rings is 4. The maximum Gasteiger partial charge on any atom is 0.246 e. The van der Waals surface area contributed by atoms with Crippen molar-refractivity contribution in [3.05, 3.63) is 113 Å². The molecule has 0 bridgehead atoms. The number of likely N-dealkylation sites (tertiary alicyclic amines) is 1. The van der Waals surface area contributed by atoms with E-state index in [2.05, 4.69) is 22.5 Å². The highest BCUT2D eigenvalue weighted by molar-refractivity contribution is 7.22. The Morgan fingerprint density at radius 1 is 0.864 bits per heavy atom. The van der Waals surface area contributed by atoms with Crippen molar-refractivity contribution in [2.45, 2.75) is 104 Å². The van der Waals surface area contributed by atoms with E-state index in [1.165, 1.54) is 16.2 Å². The SMILES string of the molecule is CCN(CCCCCCCC(=O)NC(C(=O)N1C[C@H](O)C[C@H]1C(=O)N[C@@H](C)c1ccc(Cl)cc1)C(C)(C)C)CCOc1ccc(C(=O)c2c(-c3ccc(O)cc3)sc3cc(O)ccc23)cc1. The minimum absolute atomic E-state index is 0.0172. The van der Waals surface area contributed by atoms with E-state index in [1.54, 1.807) is 66.7 Å². The number of hydrogen-bond donors (Lipinski definition) is 5. The first kappa shape index (κ1) is 50.0. The summed E-state index contributed by atoms with van der Waals surface area (Å²) < 4.78 is 6.88. The number of ketones is 1. The van der Waals surface area contributed by atoms with E-state index in [-0.39, 0.29) is 60.4 Å². The van der Waals surface area contributed by atoms with E-state index < -0.39 is 23.6 Å². The summed E-state index contributed by atoms with van der Waals surface area (Å²) in [5.74, 6) is -0.143. The van der Waals surface area contributed by atoms with Crippen molar-refractivity contribution in [2.24, 2.45) is 5.41 Å². The van der Waals surface area contributed by atoms with Gasteiger partial charge in [-0.3, -0.25) is 19.2 Å². The van der Waals surface area contributed by atoms with Crippen LogP contribution in [0, 0.1) is 5.41 Å². The molecule has 12 nitrogen and oxygen atoms in total. The van der Waals surface area contributed by atoms with Crippen LogP contribution in [0.3, 0.4) is 0 Å². The lowest BCUT2D eigenvalue weighted by Gasteiger charge is -2.35. The first-order chi connectivity index (χ1) is 31.5. The Kier molecular flexibility index (Phi) is 17.3. The molecule has 0 aliphatic carbocycles. The van der Waals surface area contributed by atoms with Crippen LogP contribution < -0.4 is 15.4 Å². The zero-order valence-corrected chi connectivity index (χ0v) is 40.1. The second-order valence-electron chi connectivity index (χ2n) is 18.2. The molecule has 1 aliphatic heterocycles. The molecule has 352 valence electrons. The maximum absolute atomic E-state index is 14.0. The Hall–Kier alpha value is -5.47. The summed E-state index contributed by atoms with van der Waals surface area (Å²) in [5, 5.41) is 37.8. The molecule has 0 radical (unpaired) electrons. The van der Waals surface area contributed by atoms with Gasteiger partial charge in [-0.25, -0.2) is 0 Å². The molecule has 5 N–H and O–H groups in total. The molecular formula is C52H63ClN4O8S. The summed E-state index contributed by atoms with van der Waals surface area (Å²) in [4.78, 5) is 59.1. The average molecular weight is 940 g/mol. The third-order valence-corrected chi connectivity index (χ3v) is 13.6. The average Bonchev–Trinajstić information content (AvgIpc) is 3.87. The number of fused-ring (bicyclic) bond motifs is 1. The molecule has 2 heterocycles. The second-order valence-corrected chi connectivity index (χ2v) is 19.7. The van der Waals surface area contributed by atoms with Crippen molar-refractivity contribution in [1.82, 2.24) is 20.4 Å². The summed E-state index contributed by atoms with van der Waals surface area (Å²) in [6, 6.07) is 24.0. The lowest BCUT2D eigenvalue weighted by molar-refractivity contribution is -0.144. The second kappa shape index (κ2) is 22.8. The van der Waals surface area contributed by atoms with Gasteiger partial charge in [0.05, 0.1) is 12.1 Å². The van der Waals surface area contributed by atoms with E-state index in [4.69, 9.17) is 16.3 Å². The Labute approximate surface area is 396 Å². The van der Waals surface area contributed by atoms with Gasteiger partial charge in [0.2, 0.25) is 17.7 Å². The lowest BCUT2D eigenvalue weighted by Crippen LogP contribution is -2.57. The fourth-order valence-electron chi connectivity index (χ4n) is 8.34. The number of carbonyl (C=O) groups is 4. The standard InChI is InChI=1S/C52H63ClN4O8S/c1-6-56(28-29-65-41-24-17-35(18-25-41)47(62)46-42-26-23-39(59)31-44(42)66-48(46)36-15-21-38(58)22-16-36)27-11-9-7-8-10-12-45(61)55-49(52(3,4)5)51(64)57-32-40(60)30-43(57)50(63)54-33(2)34-13-19-37(53)20-14-34/h13-26,31,33,40,43,49,58-60H,6-12,27-30,32H2,1-5H3,(H,54,63)(H,55,61)/t33-,40+,43-,49?/m0/s1. The van der Waals surface area contributed by atoms with Gasteiger partial charge in [0.15, 0.2) is 5.78 Å². The fourth-order valence-corrected chi connectivity index (χ4v) is 9.71. The molecule has 0 spiro atoms. The highest BCUT2D eigenvalue weighted by Gasteiger charge is 2.44. The number of carbonyl (C=O) groups excluding carboxylic acids is 4. The number of aliphatic hydroxyl groups excluding tert-OH is 1. The summed E-state index contributed by atoms with van der Waals surface area (Å²) >= 11 is 7.45. The summed E-state index contributed by atoms with van der Waals surface area (Å²) in [6.07, 6.45) is 4.14. The zero-order chi connectivity index (χ0) is 47.5. The summed E-state index contributed by atoms with van der Waals surface area (Å²) in [6.45, 7) is 12.7. The van der Waals surface area contributed by atoms with Crippen LogP contribution in [0.1, 0.15) is 107 Å². The quantitative estimate of drug-likeness (QED) is 0.0356. The molecule has 5 aromatic rings. The molecule has 6 rings (SSSR count). The Balaban J connectivity index is 0.903. The van der Waals surface area contributed by atoms with Gasteiger partial charge in [-0.1, -0.05) is 70.7 Å². The number of ether oxygens (including phenoxy) is 1. The highest BCUT2D eigenvalue weighted by Crippen LogP contribution is 2.41. The van der Waals surface area contributed by atoms with Crippen molar-refractivity contribution in [3.8, 4) is 27.7 Å². The number of unbranched alkanes of at least 4 members (excludes halogenated alkanes) is 4. The van der Waals surface area contributed by atoms with Crippen molar-refractivity contribution in [2.75, 3.05) is 32.8 Å². The number of hydrogen-bond acceptors (Lipinski definition) is 10. The van der Waals surface area contributed by atoms with Crippen LogP contribution in [-0.4, -0.2) is 99.6 Å². The Bertz CT molecular complexity index is 2430. The first-order valence-corrected chi connectivity index (χ1v) is 24.1. The number of likely N-dealkylation sites (N-methyl/N-ethyl adjacent to an activating group) is 1. The number of β-amino-alcohol motifs (C(OH)–C–C–N with tert-alkyl or cyclic N) is 1. The number of nitrogens with one attached hydrogen (secondary N) is 2. The van der Waals surface area contributed by atoms with Crippen LogP contribution in [-0.2, 0) is 14.4 Å². The van der Waals surface area contributed by atoms with Crippen LogP contribution in [0.25, 0.3) is 20.5 Å². The Morgan fingerprint density at radius 3 is 2.21 bits per heavy atom. The van der Waals surface area contributed by atoms with Crippen LogP contribution in [0.2, 0.25) is 5.02 Å². The minimum atomic E-state index is -0.867.